The van der Waals surface area contributed by atoms with Crippen LogP contribution in [0.1, 0.15) is 21.6 Å². The lowest BCUT2D eigenvalue weighted by atomic mass is 10.1. The Morgan fingerprint density at radius 2 is 1.84 bits per heavy atom. The van der Waals surface area contributed by atoms with Crippen molar-refractivity contribution < 1.29 is 14.3 Å². The van der Waals surface area contributed by atoms with Crippen molar-refractivity contribution in [3.05, 3.63) is 77.7 Å². The smallest absolute Gasteiger partial charge is 0.278 e. The van der Waals surface area contributed by atoms with E-state index in [0.717, 1.165) is 16.8 Å². The zero-order chi connectivity index (χ0) is 22.1. The minimum atomic E-state index is -0.379. The number of fused-ring (bicyclic) bond motifs is 1. The fourth-order valence-corrected chi connectivity index (χ4v) is 3.55. The molecule has 1 amide bonds. The van der Waals surface area contributed by atoms with Gasteiger partial charge in [0.2, 0.25) is 0 Å². The predicted molar refractivity (Wildman–Crippen MR) is 119 cm³/mol. The zero-order valence-electron chi connectivity index (χ0n) is 17.7. The number of benzene rings is 2. The number of hydrogen-bond donors (Lipinski definition) is 1. The molecule has 0 spiro atoms. The van der Waals surface area contributed by atoms with Crippen LogP contribution < -0.4 is 14.8 Å². The molecule has 1 aliphatic rings. The van der Waals surface area contributed by atoms with Crippen LogP contribution in [0.25, 0.3) is 16.9 Å². The molecule has 5 rings (SSSR count). The summed E-state index contributed by atoms with van der Waals surface area (Å²) in [5, 5.41) is 11.4. The summed E-state index contributed by atoms with van der Waals surface area (Å²) in [7, 11) is 0. The molecule has 0 atom stereocenters. The first-order valence-electron chi connectivity index (χ1n) is 10.2. The lowest BCUT2D eigenvalue weighted by molar-refractivity contribution is 0.102. The number of amides is 1. The fraction of sp³-hybridized carbons (Fsp3) is 0.167. The van der Waals surface area contributed by atoms with Gasteiger partial charge in [-0.15, -0.1) is 5.10 Å². The lowest BCUT2D eigenvalue weighted by Gasteiger charge is -2.19. The molecule has 2 aromatic heterocycles. The van der Waals surface area contributed by atoms with E-state index < -0.39 is 0 Å². The predicted octanol–water partition coefficient (Wildman–Crippen LogP) is 3.97. The monoisotopic (exact) mass is 427 g/mol. The van der Waals surface area contributed by atoms with Gasteiger partial charge in [-0.25, -0.2) is 4.68 Å². The first kappa shape index (κ1) is 19.7. The van der Waals surface area contributed by atoms with Crippen molar-refractivity contribution in [1.82, 2.24) is 20.0 Å². The Labute approximate surface area is 184 Å². The number of rotatable bonds is 4. The Morgan fingerprint density at radius 1 is 1.00 bits per heavy atom. The average Bonchev–Trinajstić information content (AvgIpc) is 3.27. The van der Waals surface area contributed by atoms with Crippen LogP contribution in [0.15, 0.2) is 60.9 Å². The maximum atomic E-state index is 13.2. The van der Waals surface area contributed by atoms with E-state index in [-0.39, 0.29) is 11.6 Å². The summed E-state index contributed by atoms with van der Waals surface area (Å²) in [6.07, 6.45) is 3.37. The highest BCUT2D eigenvalue weighted by molar-refractivity contribution is 6.06. The number of anilines is 1. The summed E-state index contributed by atoms with van der Waals surface area (Å²) >= 11 is 0. The van der Waals surface area contributed by atoms with Crippen molar-refractivity contribution in [3.8, 4) is 28.4 Å². The van der Waals surface area contributed by atoms with E-state index in [4.69, 9.17) is 9.47 Å². The normalized spacial score (nSPS) is 12.4. The van der Waals surface area contributed by atoms with Gasteiger partial charge in [-0.1, -0.05) is 11.3 Å². The van der Waals surface area contributed by atoms with Crippen molar-refractivity contribution in [2.24, 2.45) is 0 Å². The van der Waals surface area contributed by atoms with Gasteiger partial charge in [-0.2, -0.15) is 0 Å². The van der Waals surface area contributed by atoms with Gasteiger partial charge in [0.15, 0.2) is 17.2 Å². The number of nitrogens with zero attached hydrogens (tertiary/aromatic N) is 4. The van der Waals surface area contributed by atoms with Crippen LogP contribution in [-0.4, -0.2) is 39.1 Å². The highest BCUT2D eigenvalue weighted by Gasteiger charge is 2.23. The van der Waals surface area contributed by atoms with Crippen molar-refractivity contribution in [2.45, 2.75) is 13.8 Å². The Morgan fingerprint density at radius 3 is 2.62 bits per heavy atom. The number of nitrogens with one attached hydrogen (secondary N) is 1. The summed E-state index contributed by atoms with van der Waals surface area (Å²) < 4.78 is 12.8. The molecule has 0 fully saturated rings. The zero-order valence-corrected chi connectivity index (χ0v) is 17.7. The molecule has 8 heteroatoms. The molecule has 0 unspecified atom stereocenters. The molecule has 0 radical (unpaired) electrons. The molecule has 8 nitrogen and oxygen atoms in total. The van der Waals surface area contributed by atoms with E-state index in [9.17, 15) is 4.79 Å². The Kier molecular flexibility index (Phi) is 5.03. The molecule has 1 aliphatic heterocycles. The van der Waals surface area contributed by atoms with Crippen LogP contribution >= 0.6 is 0 Å². The first-order chi connectivity index (χ1) is 15.6. The third kappa shape index (κ3) is 3.66. The summed E-state index contributed by atoms with van der Waals surface area (Å²) in [5.74, 6) is 0.877. The number of ether oxygens (including phenoxy) is 2. The summed E-state index contributed by atoms with van der Waals surface area (Å²) in [6, 6.07) is 15.0. The largest absolute Gasteiger partial charge is 0.486 e. The van der Waals surface area contributed by atoms with Crippen molar-refractivity contribution >= 4 is 11.6 Å². The molecule has 0 aliphatic carbocycles. The van der Waals surface area contributed by atoms with Crippen LogP contribution in [0, 0.1) is 13.8 Å². The highest BCUT2D eigenvalue weighted by atomic mass is 16.6. The summed E-state index contributed by atoms with van der Waals surface area (Å²) in [4.78, 5) is 17.4. The number of carbonyl (C=O) groups excluding carboxylic acids is 1. The fourth-order valence-electron chi connectivity index (χ4n) is 3.55. The molecule has 0 saturated carbocycles. The van der Waals surface area contributed by atoms with E-state index >= 15 is 0 Å². The quantitative estimate of drug-likeness (QED) is 0.530. The van der Waals surface area contributed by atoms with Crippen molar-refractivity contribution in [1.29, 1.82) is 0 Å². The molecule has 0 bridgehead atoms. The molecule has 160 valence electrons. The minimum Gasteiger partial charge on any atom is -0.486 e. The van der Waals surface area contributed by atoms with E-state index in [2.05, 4.69) is 27.5 Å². The van der Waals surface area contributed by atoms with Gasteiger partial charge in [0.1, 0.15) is 18.9 Å². The molecule has 0 saturated heterocycles. The van der Waals surface area contributed by atoms with Crippen LogP contribution in [0.5, 0.6) is 11.5 Å². The maximum Gasteiger partial charge on any atom is 0.278 e. The Hall–Kier alpha value is -4.20. The molecular formula is C24H21N5O3. The lowest BCUT2D eigenvalue weighted by Crippen LogP contribution is -2.17. The molecular weight excluding hydrogens is 406 g/mol. The standard InChI is InChI=1S/C24H21N5O3/c1-15-5-7-19(12-16(15)2)29-23(17-4-3-9-25-14-17)22(27-28-29)24(30)26-18-6-8-20-21(13-18)32-11-10-31-20/h3-9,12-14H,10-11H2,1-2H3,(H,26,30). The van der Waals surface area contributed by atoms with Gasteiger partial charge in [-0.05, 0) is 61.4 Å². The van der Waals surface area contributed by atoms with E-state index in [1.165, 1.54) is 5.56 Å². The maximum absolute atomic E-state index is 13.2. The number of aromatic nitrogens is 4. The van der Waals surface area contributed by atoms with Crippen LogP contribution in [0.2, 0.25) is 0 Å². The number of aryl methyl sites for hydroxylation is 2. The second kappa shape index (κ2) is 8.14. The number of pyridine rings is 1. The SMILES string of the molecule is Cc1ccc(-n2nnc(C(=O)Nc3ccc4c(c3)OCCO4)c2-c2cccnc2)cc1C. The highest BCUT2D eigenvalue weighted by Crippen LogP contribution is 2.33. The van der Waals surface area contributed by atoms with Gasteiger partial charge in [0.25, 0.3) is 5.91 Å². The summed E-state index contributed by atoms with van der Waals surface area (Å²) in [5.41, 5.74) is 5.20. The molecule has 4 aromatic rings. The third-order valence-corrected chi connectivity index (χ3v) is 5.36. The van der Waals surface area contributed by atoms with Gasteiger partial charge in [0.05, 0.1) is 5.69 Å². The molecule has 1 N–H and O–H groups in total. The van der Waals surface area contributed by atoms with Crippen molar-refractivity contribution in [2.75, 3.05) is 18.5 Å². The first-order valence-corrected chi connectivity index (χ1v) is 10.2. The second-order valence-corrected chi connectivity index (χ2v) is 7.52. The number of carbonyl (C=O) groups is 1. The van der Waals surface area contributed by atoms with Crippen LogP contribution in [0.4, 0.5) is 5.69 Å². The topological polar surface area (TPSA) is 91.2 Å². The Balaban J connectivity index is 1.54. The average molecular weight is 427 g/mol. The number of hydrogen-bond acceptors (Lipinski definition) is 6. The Bertz CT molecular complexity index is 1300. The summed E-state index contributed by atoms with van der Waals surface area (Å²) in [6.45, 7) is 5.07. The van der Waals surface area contributed by atoms with Gasteiger partial charge < -0.3 is 14.8 Å². The van der Waals surface area contributed by atoms with Crippen molar-refractivity contribution in [3.63, 3.8) is 0 Å². The second-order valence-electron chi connectivity index (χ2n) is 7.52. The third-order valence-electron chi connectivity index (χ3n) is 5.36. The molecule has 2 aromatic carbocycles. The van der Waals surface area contributed by atoms with Gasteiger partial charge in [0, 0.05) is 29.7 Å². The minimum absolute atomic E-state index is 0.200. The van der Waals surface area contributed by atoms with E-state index in [0.29, 0.717) is 36.1 Å². The van der Waals surface area contributed by atoms with Gasteiger partial charge >= 0.3 is 0 Å². The van der Waals surface area contributed by atoms with Crippen LogP contribution in [-0.2, 0) is 0 Å². The van der Waals surface area contributed by atoms with E-state index in [1.807, 2.05) is 37.3 Å². The van der Waals surface area contributed by atoms with E-state index in [1.54, 1.807) is 35.3 Å². The van der Waals surface area contributed by atoms with Gasteiger partial charge in [-0.3, -0.25) is 9.78 Å². The molecule has 3 heterocycles. The van der Waals surface area contributed by atoms with Crippen LogP contribution in [0.3, 0.4) is 0 Å². The molecule has 32 heavy (non-hydrogen) atoms.